The van der Waals surface area contributed by atoms with E-state index in [-0.39, 0.29) is 69.4 Å². The van der Waals surface area contributed by atoms with Crippen LogP contribution in [0.25, 0.3) is 0 Å². The maximum atomic E-state index is 10.4. The molecule has 0 bridgehead atoms. The van der Waals surface area contributed by atoms with E-state index in [9.17, 15) is 9.59 Å². The zero-order chi connectivity index (χ0) is 12.7. The number of carboxylic acid groups (broad SMARTS) is 2. The van der Waals surface area contributed by atoms with Crippen molar-refractivity contribution in [3.8, 4) is 0 Å². The van der Waals surface area contributed by atoms with E-state index < -0.39 is 11.9 Å². The second-order valence-corrected chi connectivity index (χ2v) is 2.87. The molecule has 2 rings (SSSR count). The van der Waals surface area contributed by atoms with Gasteiger partial charge in [-0.3, -0.25) is 0 Å². The van der Waals surface area contributed by atoms with Crippen molar-refractivity contribution in [2.75, 3.05) is 0 Å². The van der Waals surface area contributed by atoms with E-state index in [2.05, 4.69) is 9.40 Å². The van der Waals surface area contributed by atoms with Gasteiger partial charge in [-0.2, -0.15) is 0 Å². The number of carboxylic acids is 2. The molecule has 0 atom stereocenters. The summed E-state index contributed by atoms with van der Waals surface area (Å²) in [6, 6.07) is 5.20. The normalized spacial score (nSPS) is 8.00. The summed E-state index contributed by atoms with van der Waals surface area (Å²) in [5.74, 6) is -2.25. The Kier molecular flexibility index (Phi) is 11.6. The number of benzene rings is 1. The summed E-state index contributed by atoms with van der Waals surface area (Å²) in [6.07, 6.45) is 4.47. The molecular weight excluding hydrogens is 281 g/mol. The Labute approximate surface area is 152 Å². The van der Waals surface area contributed by atoms with Crippen LogP contribution >= 0.6 is 0 Å². The third-order valence-corrected chi connectivity index (χ3v) is 1.70. The summed E-state index contributed by atoms with van der Waals surface area (Å²) in [5, 5.41) is 17.0. The van der Waals surface area contributed by atoms with Crippen molar-refractivity contribution in [3.05, 3.63) is 54.2 Å². The van der Waals surface area contributed by atoms with Crippen LogP contribution in [0.2, 0.25) is 0 Å². The van der Waals surface area contributed by atoms with Gasteiger partial charge in [-0.25, -0.2) is 14.6 Å². The molecule has 0 fully saturated rings. The minimum Gasteiger partial charge on any atom is -1.00 e. The molecule has 0 aliphatic carbocycles. The van der Waals surface area contributed by atoms with Crippen molar-refractivity contribution in [2.45, 2.75) is 0 Å². The van der Waals surface area contributed by atoms with Gasteiger partial charge in [-0.15, -0.1) is 0 Å². The van der Waals surface area contributed by atoms with Gasteiger partial charge in [-0.05, 0) is 18.2 Å². The fourth-order valence-corrected chi connectivity index (χ4v) is 0.961. The molecular formula is C11H12KNO6. The van der Waals surface area contributed by atoms with Crippen LogP contribution in [0.3, 0.4) is 0 Å². The van der Waals surface area contributed by atoms with E-state index in [1.54, 1.807) is 6.20 Å². The molecule has 1 aromatic carbocycles. The van der Waals surface area contributed by atoms with Crippen molar-refractivity contribution < 1.29 is 82.5 Å². The molecule has 0 amide bonds. The van der Waals surface area contributed by atoms with E-state index >= 15 is 0 Å². The summed E-state index contributed by atoms with van der Waals surface area (Å²) in [4.78, 5) is 24.3. The SMILES string of the molecule is O.O=C(O)c1cccc(C(=O)O)c1.[H-].[K+].c1cocn1. The summed E-state index contributed by atoms with van der Waals surface area (Å²) >= 11 is 0. The fourth-order valence-electron chi connectivity index (χ4n) is 0.961. The van der Waals surface area contributed by atoms with Crippen LogP contribution < -0.4 is 51.4 Å². The van der Waals surface area contributed by atoms with Crippen LogP contribution in [0.15, 0.2) is 47.5 Å². The number of carbonyl (C=O) groups is 2. The quantitative estimate of drug-likeness (QED) is 0.618. The van der Waals surface area contributed by atoms with E-state index in [4.69, 9.17) is 10.2 Å². The van der Waals surface area contributed by atoms with Gasteiger partial charge in [0.15, 0.2) is 6.39 Å². The van der Waals surface area contributed by atoms with Crippen LogP contribution in [0, 0.1) is 0 Å². The van der Waals surface area contributed by atoms with E-state index in [1.165, 1.54) is 30.9 Å². The molecule has 98 valence electrons. The number of nitrogens with zero attached hydrogens (tertiary/aromatic N) is 1. The second kappa shape index (κ2) is 10.8. The summed E-state index contributed by atoms with van der Waals surface area (Å²) in [5.41, 5.74) is -0.0372. The molecule has 2 aromatic rings. The third kappa shape index (κ3) is 7.88. The number of hydrogen-bond acceptors (Lipinski definition) is 4. The topological polar surface area (TPSA) is 132 Å². The number of oxazole rings is 1. The third-order valence-electron chi connectivity index (χ3n) is 1.70. The van der Waals surface area contributed by atoms with Crippen LogP contribution in [0.5, 0.6) is 0 Å². The Balaban J connectivity index is -0.000000312. The first kappa shape index (κ1) is 20.3. The van der Waals surface area contributed by atoms with Crippen LogP contribution in [-0.2, 0) is 0 Å². The Morgan fingerprint density at radius 2 is 1.68 bits per heavy atom. The fraction of sp³-hybridized carbons (Fsp3) is 0. The number of aromatic carboxylic acids is 2. The first-order valence-electron chi connectivity index (χ1n) is 4.50. The standard InChI is InChI=1S/C8H6O4.C3H3NO.K.H2O.H/c9-7(10)5-2-1-3-6(4-5)8(11)12;1-2-5-3-4-1;;;/h1-4H,(H,9,10)(H,11,12);1-3H;;1H2;/q;;+1;;-1. The molecule has 0 saturated heterocycles. The Bertz CT molecular complexity index is 459. The molecule has 8 heteroatoms. The number of rotatable bonds is 2. The Hall–Kier alpha value is -1.03. The molecule has 0 aliphatic rings. The zero-order valence-corrected chi connectivity index (χ0v) is 13.2. The number of aromatic nitrogens is 1. The summed E-state index contributed by atoms with van der Waals surface area (Å²) < 4.78 is 4.47. The molecule has 0 spiro atoms. The minimum absolute atomic E-state index is 0. The van der Waals surface area contributed by atoms with Crippen molar-refractivity contribution >= 4 is 11.9 Å². The van der Waals surface area contributed by atoms with Crippen LogP contribution in [0.1, 0.15) is 22.1 Å². The van der Waals surface area contributed by atoms with Crippen LogP contribution in [0.4, 0.5) is 0 Å². The average molecular weight is 293 g/mol. The molecule has 7 nitrogen and oxygen atoms in total. The van der Waals surface area contributed by atoms with Gasteiger partial charge >= 0.3 is 63.3 Å². The minimum atomic E-state index is -1.13. The molecule has 4 N–H and O–H groups in total. The molecule has 19 heavy (non-hydrogen) atoms. The maximum absolute atomic E-state index is 10.4. The van der Waals surface area contributed by atoms with Crippen molar-refractivity contribution in [3.63, 3.8) is 0 Å². The van der Waals surface area contributed by atoms with Crippen molar-refractivity contribution in [1.82, 2.24) is 4.98 Å². The first-order valence-corrected chi connectivity index (χ1v) is 4.50. The van der Waals surface area contributed by atoms with Gasteiger partial charge in [0.05, 0.1) is 17.3 Å². The van der Waals surface area contributed by atoms with Gasteiger partial charge < -0.3 is 21.5 Å². The smallest absolute Gasteiger partial charge is 1.00 e. The zero-order valence-electron chi connectivity index (χ0n) is 11.1. The van der Waals surface area contributed by atoms with E-state index in [0.717, 1.165) is 6.07 Å². The van der Waals surface area contributed by atoms with Gasteiger partial charge in [0, 0.05) is 0 Å². The first-order chi connectivity index (χ1) is 8.11. The number of hydrogen-bond donors (Lipinski definition) is 2. The largest absolute Gasteiger partial charge is 1.00 e. The Morgan fingerprint density at radius 3 is 1.95 bits per heavy atom. The molecule has 0 unspecified atom stereocenters. The maximum Gasteiger partial charge on any atom is 1.00 e. The van der Waals surface area contributed by atoms with Crippen molar-refractivity contribution in [2.24, 2.45) is 0 Å². The van der Waals surface area contributed by atoms with Gasteiger partial charge in [-0.1, -0.05) is 6.07 Å². The summed E-state index contributed by atoms with van der Waals surface area (Å²) in [6.45, 7) is 0. The predicted octanol–water partition coefficient (Wildman–Crippen LogP) is -1.95. The Morgan fingerprint density at radius 1 is 1.16 bits per heavy atom. The van der Waals surface area contributed by atoms with Crippen LogP contribution in [-0.4, -0.2) is 32.6 Å². The van der Waals surface area contributed by atoms with Crippen molar-refractivity contribution in [1.29, 1.82) is 0 Å². The molecule has 0 radical (unpaired) electrons. The molecule has 0 saturated carbocycles. The summed E-state index contributed by atoms with van der Waals surface area (Å²) in [7, 11) is 0. The monoisotopic (exact) mass is 293 g/mol. The molecule has 0 aliphatic heterocycles. The predicted molar refractivity (Wildman–Crippen MR) is 61.6 cm³/mol. The van der Waals surface area contributed by atoms with E-state index in [1.807, 2.05) is 0 Å². The molecule has 1 heterocycles. The average Bonchev–Trinajstić information content (AvgIpc) is 2.87. The van der Waals surface area contributed by atoms with Gasteiger partial charge in [0.1, 0.15) is 6.26 Å². The van der Waals surface area contributed by atoms with Gasteiger partial charge in [0.2, 0.25) is 0 Å². The second-order valence-electron chi connectivity index (χ2n) is 2.87. The molecule has 1 aromatic heterocycles. The van der Waals surface area contributed by atoms with E-state index in [0.29, 0.717) is 0 Å². The van der Waals surface area contributed by atoms with Gasteiger partial charge in [0.25, 0.3) is 0 Å².